The van der Waals surface area contributed by atoms with Crippen molar-refractivity contribution in [1.29, 1.82) is 0 Å². The highest BCUT2D eigenvalue weighted by molar-refractivity contribution is 5.98. The molecule has 0 aliphatic carbocycles. The molecule has 0 spiro atoms. The highest BCUT2D eigenvalue weighted by atomic mass is 16.5. The Morgan fingerprint density at radius 1 is 0.756 bits per heavy atom. The van der Waals surface area contributed by atoms with Crippen LogP contribution in [0.25, 0.3) is 11.2 Å². The Hall–Kier alpha value is -5.02. The van der Waals surface area contributed by atoms with Gasteiger partial charge in [-0.05, 0) is 16.7 Å². The van der Waals surface area contributed by atoms with Gasteiger partial charge >= 0.3 is 0 Å². The van der Waals surface area contributed by atoms with Crippen molar-refractivity contribution in [1.82, 2.24) is 24.4 Å². The van der Waals surface area contributed by atoms with E-state index in [-0.39, 0.29) is 18.8 Å². The first kappa shape index (κ1) is 28.7. The molecule has 1 aliphatic heterocycles. The van der Waals surface area contributed by atoms with Crippen LogP contribution in [0.1, 0.15) is 39.0 Å². The number of benzene rings is 4. The number of morpholine rings is 1. The lowest BCUT2D eigenvalue weighted by molar-refractivity contribution is -0.148. The van der Waals surface area contributed by atoms with Gasteiger partial charge in [-0.2, -0.15) is 0 Å². The van der Waals surface area contributed by atoms with E-state index in [9.17, 15) is 9.90 Å². The van der Waals surface area contributed by atoms with Crippen LogP contribution >= 0.6 is 0 Å². The van der Waals surface area contributed by atoms with E-state index in [1.807, 2.05) is 41.0 Å². The van der Waals surface area contributed by atoms with Crippen LogP contribution in [-0.2, 0) is 16.7 Å². The summed E-state index contributed by atoms with van der Waals surface area (Å²) in [4.78, 5) is 29.1. The number of aliphatic hydroxyl groups excluding tert-OH is 1. The fraction of sp³-hybridized carbons (Fsp3) is 0.189. The number of Topliss-reactive ketones (excluding diaryl/α,β-unsaturated/α-hetero) is 1. The van der Waals surface area contributed by atoms with Crippen LogP contribution in [0.15, 0.2) is 134 Å². The third kappa shape index (κ3) is 5.33. The van der Waals surface area contributed by atoms with Gasteiger partial charge in [0.2, 0.25) is 0 Å². The van der Waals surface area contributed by atoms with Crippen molar-refractivity contribution in [3.05, 3.63) is 162 Å². The van der Waals surface area contributed by atoms with E-state index in [1.165, 1.54) is 6.33 Å². The molecule has 6 aromatic rings. The second kappa shape index (κ2) is 12.5. The molecule has 2 unspecified atom stereocenters. The van der Waals surface area contributed by atoms with Gasteiger partial charge in [-0.15, -0.1) is 0 Å². The number of aromatic nitrogens is 4. The van der Waals surface area contributed by atoms with E-state index in [0.29, 0.717) is 35.5 Å². The summed E-state index contributed by atoms with van der Waals surface area (Å²) in [6, 6.07) is 40.6. The number of carbonyl (C=O) groups excluding carboxylic acids is 1. The Balaban J connectivity index is 1.32. The molecule has 2 atom stereocenters. The number of hydrogen-bond donors (Lipinski definition) is 1. The van der Waals surface area contributed by atoms with E-state index in [1.54, 1.807) is 18.5 Å². The lowest BCUT2D eigenvalue weighted by atomic mass is 9.75. The van der Waals surface area contributed by atoms with Crippen molar-refractivity contribution in [2.45, 2.75) is 24.3 Å². The monoisotopic (exact) mass is 595 g/mol. The number of nitrogens with zero attached hydrogens (tertiary/aromatic N) is 5. The Morgan fingerprint density at radius 2 is 1.31 bits per heavy atom. The molecule has 8 nitrogen and oxygen atoms in total. The lowest BCUT2D eigenvalue weighted by Gasteiger charge is -2.50. The Labute approximate surface area is 261 Å². The maximum atomic E-state index is 13.1. The number of imidazole rings is 1. The minimum absolute atomic E-state index is 0.0380. The topological polar surface area (TPSA) is 93.4 Å². The fourth-order valence-corrected chi connectivity index (χ4v) is 6.55. The van der Waals surface area contributed by atoms with E-state index in [4.69, 9.17) is 4.74 Å². The molecule has 1 aliphatic rings. The molecular formula is C37H33N5O3. The molecule has 1 saturated heterocycles. The van der Waals surface area contributed by atoms with E-state index in [2.05, 4.69) is 92.6 Å². The Morgan fingerprint density at radius 3 is 1.87 bits per heavy atom. The van der Waals surface area contributed by atoms with Gasteiger partial charge in [-0.25, -0.2) is 15.0 Å². The minimum Gasteiger partial charge on any atom is -0.394 e. The van der Waals surface area contributed by atoms with Gasteiger partial charge in [0.15, 0.2) is 11.4 Å². The van der Waals surface area contributed by atoms with E-state index < -0.39 is 17.9 Å². The van der Waals surface area contributed by atoms with Crippen molar-refractivity contribution in [3.63, 3.8) is 0 Å². The molecule has 0 radical (unpaired) electrons. The number of hydrogen-bond acceptors (Lipinski definition) is 7. The second-order valence-electron chi connectivity index (χ2n) is 11.2. The number of carbonyl (C=O) groups is 1. The Bertz CT molecular complexity index is 1780. The first-order valence-corrected chi connectivity index (χ1v) is 15.1. The van der Waals surface area contributed by atoms with E-state index >= 15 is 0 Å². The second-order valence-corrected chi connectivity index (χ2v) is 11.2. The molecule has 4 aromatic carbocycles. The molecule has 45 heavy (non-hydrogen) atoms. The third-order valence-electron chi connectivity index (χ3n) is 8.57. The highest BCUT2D eigenvalue weighted by Crippen LogP contribution is 2.44. The zero-order valence-electron chi connectivity index (χ0n) is 24.7. The zero-order chi connectivity index (χ0) is 30.6. The number of rotatable bonds is 9. The van der Waals surface area contributed by atoms with Crippen molar-refractivity contribution in [2.24, 2.45) is 0 Å². The molecule has 8 heteroatoms. The first-order valence-electron chi connectivity index (χ1n) is 15.1. The summed E-state index contributed by atoms with van der Waals surface area (Å²) in [5.41, 5.74) is 4.97. The SMILES string of the molecule is O=C(Cc1ncnc2c1ncn2C1CN(C(c2ccccc2)(c2ccccc2)c2ccccc2)CC(CO)O1)c1ccccc1. The van der Waals surface area contributed by atoms with Gasteiger partial charge in [0.05, 0.1) is 36.7 Å². The number of ketones is 1. The van der Waals surface area contributed by atoms with Crippen LogP contribution < -0.4 is 0 Å². The summed E-state index contributed by atoms with van der Waals surface area (Å²) in [6.45, 7) is 0.812. The average Bonchev–Trinajstić information content (AvgIpc) is 3.56. The van der Waals surface area contributed by atoms with E-state index in [0.717, 1.165) is 16.7 Å². The molecule has 0 amide bonds. The van der Waals surface area contributed by atoms with Gasteiger partial charge in [-0.3, -0.25) is 14.3 Å². The number of fused-ring (bicyclic) bond motifs is 1. The molecule has 2 aromatic heterocycles. The first-order chi connectivity index (χ1) is 22.2. The predicted octanol–water partition coefficient (Wildman–Crippen LogP) is 5.44. The van der Waals surface area contributed by atoms with Crippen LogP contribution in [0.4, 0.5) is 0 Å². The van der Waals surface area contributed by atoms with Crippen LogP contribution in [0.3, 0.4) is 0 Å². The summed E-state index contributed by atoms with van der Waals surface area (Å²) in [5, 5.41) is 10.5. The minimum atomic E-state index is -0.683. The summed E-state index contributed by atoms with van der Waals surface area (Å²) >= 11 is 0. The van der Waals surface area contributed by atoms with Gasteiger partial charge in [0.25, 0.3) is 0 Å². The van der Waals surface area contributed by atoms with Crippen LogP contribution in [-0.4, -0.2) is 61.1 Å². The van der Waals surface area contributed by atoms with Gasteiger partial charge in [0, 0.05) is 18.7 Å². The zero-order valence-corrected chi connectivity index (χ0v) is 24.7. The molecule has 7 rings (SSSR count). The molecule has 1 fully saturated rings. The number of aliphatic hydroxyl groups is 1. The van der Waals surface area contributed by atoms with Gasteiger partial charge < -0.3 is 9.84 Å². The summed E-state index contributed by atoms with van der Waals surface area (Å²) < 4.78 is 8.41. The summed E-state index contributed by atoms with van der Waals surface area (Å²) in [5.74, 6) is -0.0380. The maximum Gasteiger partial charge on any atom is 0.168 e. The smallest absolute Gasteiger partial charge is 0.168 e. The highest BCUT2D eigenvalue weighted by Gasteiger charge is 2.46. The normalized spacial score (nSPS) is 17.4. The lowest BCUT2D eigenvalue weighted by Crippen LogP contribution is -2.57. The molecule has 0 bridgehead atoms. The van der Waals surface area contributed by atoms with Crippen LogP contribution in [0.5, 0.6) is 0 Å². The van der Waals surface area contributed by atoms with Crippen molar-refractivity contribution in [3.8, 4) is 0 Å². The van der Waals surface area contributed by atoms with Crippen molar-refractivity contribution in [2.75, 3.05) is 19.7 Å². The fourth-order valence-electron chi connectivity index (χ4n) is 6.55. The predicted molar refractivity (Wildman–Crippen MR) is 172 cm³/mol. The van der Waals surface area contributed by atoms with Crippen LogP contribution in [0, 0.1) is 0 Å². The molecule has 3 heterocycles. The summed E-state index contributed by atoms with van der Waals surface area (Å²) in [7, 11) is 0. The molecule has 0 saturated carbocycles. The van der Waals surface area contributed by atoms with Gasteiger partial charge in [-0.1, -0.05) is 121 Å². The summed E-state index contributed by atoms with van der Waals surface area (Å²) in [6.07, 6.45) is 2.28. The van der Waals surface area contributed by atoms with Crippen molar-refractivity contribution < 1.29 is 14.6 Å². The third-order valence-corrected chi connectivity index (χ3v) is 8.57. The van der Waals surface area contributed by atoms with Crippen LogP contribution in [0.2, 0.25) is 0 Å². The standard InChI is InChI=1S/C37H33N5O3/c43-24-31-22-41(37(28-15-7-2-8-16-28,29-17-9-3-10-18-29)30-19-11-4-12-20-30)23-34(45-31)42-26-40-35-32(38-25-39-36(35)42)21-33(44)27-13-5-1-6-14-27/h1-20,25-26,31,34,43H,21-24H2. The maximum absolute atomic E-state index is 13.1. The Kier molecular flexibility index (Phi) is 8.00. The average molecular weight is 596 g/mol. The van der Waals surface area contributed by atoms with Crippen molar-refractivity contribution >= 4 is 16.9 Å². The molecule has 1 N–H and O–H groups in total. The van der Waals surface area contributed by atoms with Gasteiger partial charge in [0.1, 0.15) is 18.1 Å². The largest absolute Gasteiger partial charge is 0.394 e. The number of ether oxygens (including phenoxy) is 1. The molecular weight excluding hydrogens is 562 g/mol. The molecule has 224 valence electrons. The quantitative estimate of drug-likeness (QED) is 0.176.